The van der Waals surface area contributed by atoms with Gasteiger partial charge in [0, 0.05) is 0 Å². The number of rotatable bonds is 24. The normalized spacial score (nSPS) is 19.8. The molecule has 10 N–H and O–H groups in total. The van der Waals surface area contributed by atoms with Crippen LogP contribution >= 0.6 is 0 Å². The van der Waals surface area contributed by atoms with E-state index in [0.29, 0.717) is 6.42 Å². The van der Waals surface area contributed by atoms with Gasteiger partial charge in [-0.25, -0.2) is 9.59 Å². The summed E-state index contributed by atoms with van der Waals surface area (Å²) in [5.74, 6) is -10.9. The summed E-state index contributed by atoms with van der Waals surface area (Å²) in [6.45, 7) is 16.5. The van der Waals surface area contributed by atoms with Crippen molar-refractivity contribution in [1.29, 1.82) is 0 Å². The lowest BCUT2D eigenvalue weighted by atomic mass is 9.81. The summed E-state index contributed by atoms with van der Waals surface area (Å²) in [5.41, 5.74) is -6.16. The SMILES string of the molecule is COC(=O)C(C)(C)NC(=O)C(C)(C)NC(=O)[C@H](CO)NC(=O)[C@H](CC(C)C)NC(=O)[C@@H]1[C@@H](C(=O)N[C@@H](CC(C)C)C(=O)N[C@@H](CO)C(=O)NC(C)(C)C(=O)NC(C)(C)C(=O)OC)[C@H]2C=C[C@@H]1C2. The molecular weight excluding hydrogens is 877 g/mol. The van der Waals surface area contributed by atoms with E-state index in [-0.39, 0.29) is 24.7 Å². The highest BCUT2D eigenvalue weighted by molar-refractivity contribution is 6.00. The number of hydrogen-bond donors (Lipinski definition) is 10. The predicted molar refractivity (Wildman–Crippen MR) is 241 cm³/mol. The van der Waals surface area contributed by atoms with Crippen LogP contribution in [-0.4, -0.2) is 143 Å². The van der Waals surface area contributed by atoms with Crippen LogP contribution in [-0.2, 0) is 57.4 Å². The third-order valence-electron chi connectivity index (χ3n) is 11.6. The molecule has 2 aliphatic carbocycles. The third kappa shape index (κ3) is 15.4. The van der Waals surface area contributed by atoms with Crippen LogP contribution in [0.4, 0.5) is 0 Å². The van der Waals surface area contributed by atoms with Gasteiger partial charge in [0.25, 0.3) is 0 Å². The lowest BCUT2D eigenvalue weighted by molar-refractivity contribution is -0.150. The van der Waals surface area contributed by atoms with Gasteiger partial charge in [0.05, 0.1) is 39.3 Å². The van der Waals surface area contributed by atoms with Gasteiger partial charge in [-0.05, 0) is 98.3 Å². The lowest BCUT2D eigenvalue weighted by Crippen LogP contribution is -2.64. The zero-order valence-corrected chi connectivity index (χ0v) is 41.3. The number of nitrogens with one attached hydrogen (secondary N) is 8. The number of amides is 8. The average molecular weight is 951 g/mol. The fourth-order valence-electron chi connectivity index (χ4n) is 7.81. The Morgan fingerprint density at radius 2 is 0.806 bits per heavy atom. The minimum Gasteiger partial charge on any atom is -0.467 e. The van der Waals surface area contributed by atoms with Crippen molar-refractivity contribution in [2.24, 2.45) is 35.5 Å². The Labute approximate surface area is 392 Å². The van der Waals surface area contributed by atoms with Crippen molar-refractivity contribution >= 4 is 59.2 Å². The van der Waals surface area contributed by atoms with Gasteiger partial charge in [0.1, 0.15) is 46.3 Å². The Bertz CT molecular complexity index is 1780. The third-order valence-corrected chi connectivity index (χ3v) is 11.6. The number of methoxy groups -OCH3 is 2. The van der Waals surface area contributed by atoms with Gasteiger partial charge < -0.3 is 62.2 Å². The van der Waals surface area contributed by atoms with E-state index in [9.17, 15) is 58.2 Å². The first-order valence-corrected chi connectivity index (χ1v) is 22.4. The van der Waals surface area contributed by atoms with Crippen molar-refractivity contribution in [3.63, 3.8) is 0 Å². The van der Waals surface area contributed by atoms with Gasteiger partial charge in [0.15, 0.2) is 0 Å². The number of carbonyl (C=O) groups excluding carboxylic acids is 10. The molecule has 0 radical (unpaired) electrons. The zero-order chi connectivity index (χ0) is 51.6. The molecule has 0 aromatic carbocycles. The second-order valence-electron chi connectivity index (χ2n) is 20.2. The van der Waals surface area contributed by atoms with E-state index in [1.54, 1.807) is 27.7 Å². The van der Waals surface area contributed by atoms with Crippen LogP contribution in [0.2, 0.25) is 0 Å². The van der Waals surface area contributed by atoms with E-state index in [1.807, 2.05) is 12.2 Å². The molecule has 2 bridgehead atoms. The Morgan fingerprint density at radius 3 is 1.07 bits per heavy atom. The molecule has 67 heavy (non-hydrogen) atoms. The fraction of sp³-hybridized carbons (Fsp3) is 0.733. The van der Waals surface area contributed by atoms with Crippen molar-refractivity contribution in [2.45, 2.75) is 149 Å². The highest BCUT2D eigenvalue weighted by Gasteiger charge is 2.52. The van der Waals surface area contributed by atoms with Gasteiger partial charge in [-0.1, -0.05) is 39.8 Å². The Hall–Kier alpha value is -5.64. The van der Waals surface area contributed by atoms with Crippen LogP contribution in [0.15, 0.2) is 12.2 Å². The molecule has 0 aliphatic heterocycles. The summed E-state index contributed by atoms with van der Waals surface area (Å²) >= 11 is 0. The van der Waals surface area contributed by atoms with E-state index in [4.69, 9.17) is 9.47 Å². The molecule has 0 spiro atoms. The van der Waals surface area contributed by atoms with Crippen LogP contribution in [0.1, 0.15) is 102 Å². The van der Waals surface area contributed by atoms with Crippen molar-refractivity contribution in [3.05, 3.63) is 12.2 Å². The standard InChI is InChI=1S/C45H74N8O14/c1-22(2)17-26(32(56)48-28(20-54)34(58)50-42(5,6)38(62)52-44(9,10)40(64)66-13)46-36(60)30-24-15-16-25(19-24)31(30)37(61)47-27(18-23(3)4)33(57)49-29(21-55)35(59)51-43(7,8)39(63)53-45(11,12)41(65)67-14/h15-16,22-31,54-55H,17-21H2,1-14H3,(H,46,60)(H,47,61)(H,48,56)(H,49,57)(H,50,58)(H,51,59)(H,52,62)(H,53,63)/t24-,25+,26-,27-,28-,29-,30-,31-/m0/s1. The van der Waals surface area contributed by atoms with Crippen LogP contribution in [0.3, 0.4) is 0 Å². The molecule has 22 nitrogen and oxygen atoms in total. The van der Waals surface area contributed by atoms with Gasteiger partial charge in [-0.2, -0.15) is 0 Å². The van der Waals surface area contributed by atoms with E-state index in [0.717, 1.165) is 14.2 Å². The summed E-state index contributed by atoms with van der Waals surface area (Å²) in [4.78, 5) is 133. The maximum absolute atomic E-state index is 14.2. The first-order valence-electron chi connectivity index (χ1n) is 22.4. The average Bonchev–Trinajstić information content (AvgIpc) is 3.85. The lowest BCUT2D eigenvalue weighted by Gasteiger charge is -2.33. The topological polar surface area (TPSA) is 326 Å². The molecule has 1 fully saturated rings. The molecule has 8 amide bonds. The second-order valence-corrected chi connectivity index (χ2v) is 20.2. The molecule has 0 aromatic heterocycles. The zero-order valence-electron chi connectivity index (χ0n) is 41.3. The monoisotopic (exact) mass is 951 g/mol. The van der Waals surface area contributed by atoms with E-state index < -0.39 is 142 Å². The smallest absolute Gasteiger partial charge is 0.330 e. The van der Waals surface area contributed by atoms with Crippen molar-refractivity contribution < 1.29 is 67.6 Å². The minimum absolute atomic E-state index is 0.0882. The number of carbonyl (C=O) groups is 10. The number of fused-ring (bicyclic) bond motifs is 2. The molecule has 0 saturated heterocycles. The molecule has 0 heterocycles. The quantitative estimate of drug-likeness (QED) is 0.0384. The van der Waals surface area contributed by atoms with E-state index in [2.05, 4.69) is 42.5 Å². The largest absolute Gasteiger partial charge is 0.467 e. The van der Waals surface area contributed by atoms with E-state index >= 15 is 0 Å². The van der Waals surface area contributed by atoms with E-state index in [1.165, 1.54) is 55.4 Å². The second kappa shape index (κ2) is 23.4. The highest BCUT2D eigenvalue weighted by atomic mass is 16.5. The molecule has 1 saturated carbocycles. The van der Waals surface area contributed by atoms with Gasteiger partial charge >= 0.3 is 11.9 Å². The summed E-state index contributed by atoms with van der Waals surface area (Å²) in [6.07, 6.45) is 4.23. The Morgan fingerprint density at radius 1 is 0.493 bits per heavy atom. The molecule has 378 valence electrons. The van der Waals surface area contributed by atoms with Crippen LogP contribution < -0.4 is 42.5 Å². The molecule has 8 atom stereocenters. The molecule has 2 aliphatic rings. The summed E-state index contributed by atoms with van der Waals surface area (Å²) in [5, 5.41) is 40.7. The Kier molecular flexibility index (Phi) is 20.1. The van der Waals surface area contributed by atoms with Crippen LogP contribution in [0, 0.1) is 35.5 Å². The van der Waals surface area contributed by atoms with Crippen LogP contribution in [0.25, 0.3) is 0 Å². The number of aliphatic hydroxyl groups is 2. The minimum atomic E-state index is -1.63. The van der Waals surface area contributed by atoms with Crippen molar-refractivity contribution in [3.8, 4) is 0 Å². The summed E-state index contributed by atoms with van der Waals surface area (Å²) in [7, 11) is 2.30. The number of esters is 2. The number of ether oxygens (including phenoxy) is 2. The maximum atomic E-state index is 14.2. The number of aliphatic hydroxyl groups excluding tert-OH is 2. The highest BCUT2D eigenvalue weighted by Crippen LogP contribution is 2.48. The molecule has 0 aromatic rings. The fourth-order valence-corrected chi connectivity index (χ4v) is 7.81. The summed E-state index contributed by atoms with van der Waals surface area (Å²) in [6, 6.07) is -5.62. The van der Waals surface area contributed by atoms with Crippen LogP contribution in [0.5, 0.6) is 0 Å². The van der Waals surface area contributed by atoms with Crippen molar-refractivity contribution in [2.75, 3.05) is 27.4 Å². The first-order chi connectivity index (χ1) is 30.8. The predicted octanol–water partition coefficient (Wildman–Crippen LogP) is -1.63. The first kappa shape index (κ1) is 57.5. The maximum Gasteiger partial charge on any atom is 0.330 e. The van der Waals surface area contributed by atoms with Gasteiger partial charge in [-0.3, -0.25) is 38.4 Å². The number of hydrogen-bond acceptors (Lipinski definition) is 14. The van der Waals surface area contributed by atoms with Gasteiger partial charge in [-0.15, -0.1) is 0 Å². The molecule has 2 rings (SSSR count). The summed E-state index contributed by atoms with van der Waals surface area (Å²) < 4.78 is 9.43. The van der Waals surface area contributed by atoms with Crippen molar-refractivity contribution in [1.82, 2.24) is 42.5 Å². The van der Waals surface area contributed by atoms with Gasteiger partial charge in [0.2, 0.25) is 47.3 Å². The molecular formula is C45H74N8O14. The molecule has 0 unspecified atom stereocenters. The Balaban J connectivity index is 2.26. The number of allylic oxidation sites excluding steroid dienone is 2. The molecule has 22 heteroatoms.